The van der Waals surface area contributed by atoms with E-state index >= 15 is 0 Å². The number of ether oxygens (including phenoxy) is 2. The second kappa shape index (κ2) is 15.6. The van der Waals surface area contributed by atoms with Gasteiger partial charge in [-0.05, 0) is 128 Å². The fourth-order valence-corrected chi connectivity index (χ4v) is 7.86. The number of nitrogens with one attached hydrogen (secondary N) is 2. The van der Waals surface area contributed by atoms with Crippen molar-refractivity contribution in [2.24, 2.45) is 0 Å². The van der Waals surface area contributed by atoms with Gasteiger partial charge in [0, 0.05) is 22.2 Å². The Morgan fingerprint density at radius 3 is 2.45 bits per heavy atom. The minimum absolute atomic E-state index is 0.247. The monoisotopic (exact) mass is 785 g/mol. The molecular formula is C40H41BrClN5O3S. The number of carbonyl (C=O) groups excluding carboxylic acids is 1. The number of hydrogen-bond donors (Lipinski definition) is 2. The Bertz CT molecular complexity index is 2160. The number of rotatable bonds is 11. The number of carbonyl (C=O) groups is 1. The lowest BCUT2D eigenvalue weighted by molar-refractivity contribution is -0.113. The van der Waals surface area contributed by atoms with E-state index in [1.807, 2.05) is 76.2 Å². The SMILES string of the molecule is CCOc1cc(C2C(C(=O)Nc3ccc(C)cc3C)=C(C)Nc3nc(SCc4ccccc4Cl)nn32)cc(Br)c1OCc1cc(C)c(C)cc1C. The van der Waals surface area contributed by atoms with Crippen LogP contribution in [0.25, 0.3) is 0 Å². The zero-order valence-electron chi connectivity index (χ0n) is 29.8. The third-order valence-electron chi connectivity index (χ3n) is 8.99. The standard InChI is InChI=1S/C40H41BrClN5O3S/c1-8-49-34-19-29(18-31(41)37(34)50-20-30-17-24(4)23(3)16-25(30)5)36-35(38(48)44-33-14-13-22(2)15-26(33)6)27(7)43-39-45-40(46-47(36)39)51-21-28-11-9-10-12-32(28)42/h9-19,36H,8,20-21H2,1-7H3,(H,44,48)(H,43,45,46). The summed E-state index contributed by atoms with van der Waals surface area (Å²) in [5.41, 5.74) is 10.5. The van der Waals surface area contributed by atoms with Crippen LogP contribution in [-0.4, -0.2) is 27.3 Å². The second-order valence-electron chi connectivity index (χ2n) is 12.8. The van der Waals surface area contributed by atoms with Gasteiger partial charge in [0.2, 0.25) is 11.1 Å². The highest BCUT2D eigenvalue weighted by Gasteiger charge is 2.36. The van der Waals surface area contributed by atoms with Crippen LogP contribution in [0.2, 0.25) is 5.02 Å². The molecule has 4 aromatic carbocycles. The largest absolute Gasteiger partial charge is 0.490 e. The molecule has 11 heteroatoms. The molecule has 5 aromatic rings. The second-order valence-corrected chi connectivity index (χ2v) is 15.0. The molecule has 1 amide bonds. The summed E-state index contributed by atoms with van der Waals surface area (Å²) in [6.45, 7) is 15.0. The van der Waals surface area contributed by atoms with E-state index in [9.17, 15) is 4.79 Å². The number of anilines is 2. The van der Waals surface area contributed by atoms with Gasteiger partial charge < -0.3 is 20.1 Å². The zero-order valence-corrected chi connectivity index (χ0v) is 32.9. The fraction of sp³-hybridized carbons (Fsp3) is 0.275. The van der Waals surface area contributed by atoms with E-state index in [1.54, 1.807) is 4.68 Å². The highest BCUT2D eigenvalue weighted by molar-refractivity contribution is 9.10. The van der Waals surface area contributed by atoms with Crippen molar-refractivity contribution < 1.29 is 14.3 Å². The first-order valence-electron chi connectivity index (χ1n) is 16.8. The number of fused-ring (bicyclic) bond motifs is 1. The van der Waals surface area contributed by atoms with Crippen LogP contribution in [0.15, 0.2) is 87.6 Å². The molecule has 2 N–H and O–H groups in total. The third-order valence-corrected chi connectivity index (χ3v) is 10.8. The number of aryl methyl sites for hydroxylation is 5. The summed E-state index contributed by atoms with van der Waals surface area (Å²) in [4.78, 5) is 19.1. The number of benzene rings is 4. The van der Waals surface area contributed by atoms with Crippen molar-refractivity contribution in [2.45, 2.75) is 72.0 Å². The van der Waals surface area contributed by atoms with Gasteiger partial charge in [-0.1, -0.05) is 71.4 Å². The molecule has 51 heavy (non-hydrogen) atoms. The van der Waals surface area contributed by atoms with E-state index in [4.69, 9.17) is 31.2 Å². The number of halogens is 2. The van der Waals surface area contributed by atoms with Gasteiger partial charge in [-0.25, -0.2) is 4.68 Å². The van der Waals surface area contributed by atoms with Crippen molar-refractivity contribution in [3.05, 3.63) is 132 Å². The number of amides is 1. The van der Waals surface area contributed by atoms with Gasteiger partial charge in [0.15, 0.2) is 11.5 Å². The molecule has 1 unspecified atom stereocenters. The lowest BCUT2D eigenvalue weighted by Crippen LogP contribution is -2.31. The summed E-state index contributed by atoms with van der Waals surface area (Å²) in [5, 5.41) is 12.7. The minimum atomic E-state index is -0.638. The molecule has 0 fully saturated rings. The summed E-state index contributed by atoms with van der Waals surface area (Å²) >= 11 is 11.7. The Morgan fingerprint density at radius 1 is 0.941 bits per heavy atom. The third kappa shape index (κ3) is 7.98. The molecule has 1 aliphatic heterocycles. The molecule has 264 valence electrons. The normalized spacial score (nSPS) is 13.9. The maximum absolute atomic E-state index is 14.3. The summed E-state index contributed by atoms with van der Waals surface area (Å²) < 4.78 is 15.1. The Hall–Kier alpha value is -4.25. The number of allylic oxidation sites excluding steroid dienone is 1. The van der Waals surface area contributed by atoms with Crippen molar-refractivity contribution in [1.29, 1.82) is 0 Å². The molecule has 0 saturated carbocycles. The van der Waals surface area contributed by atoms with E-state index in [2.05, 4.69) is 65.5 Å². The van der Waals surface area contributed by atoms with Crippen molar-refractivity contribution in [3.63, 3.8) is 0 Å². The van der Waals surface area contributed by atoms with Gasteiger partial charge in [0.05, 0.1) is 16.7 Å². The Balaban J connectivity index is 1.40. The van der Waals surface area contributed by atoms with E-state index in [1.165, 1.54) is 28.5 Å². The van der Waals surface area contributed by atoms with E-state index < -0.39 is 6.04 Å². The zero-order chi connectivity index (χ0) is 36.4. The maximum Gasteiger partial charge on any atom is 0.255 e. The van der Waals surface area contributed by atoms with Crippen LogP contribution in [0.3, 0.4) is 0 Å². The Morgan fingerprint density at radius 2 is 1.71 bits per heavy atom. The summed E-state index contributed by atoms with van der Waals surface area (Å²) in [5.74, 6) is 2.02. The average Bonchev–Trinajstić information content (AvgIpc) is 3.49. The van der Waals surface area contributed by atoms with Crippen LogP contribution in [0, 0.1) is 34.6 Å². The van der Waals surface area contributed by atoms with Gasteiger partial charge in [-0.15, -0.1) is 5.10 Å². The summed E-state index contributed by atoms with van der Waals surface area (Å²) in [6, 6.07) is 21.3. The molecule has 1 aliphatic rings. The van der Waals surface area contributed by atoms with Crippen molar-refractivity contribution in [1.82, 2.24) is 14.8 Å². The molecule has 0 spiro atoms. The minimum Gasteiger partial charge on any atom is -0.490 e. The van der Waals surface area contributed by atoms with Crippen LogP contribution in [0.4, 0.5) is 11.6 Å². The van der Waals surface area contributed by atoms with Crippen LogP contribution < -0.4 is 20.1 Å². The highest BCUT2D eigenvalue weighted by atomic mass is 79.9. The molecule has 6 rings (SSSR count). The maximum atomic E-state index is 14.3. The first kappa shape index (κ1) is 36.5. The highest BCUT2D eigenvalue weighted by Crippen LogP contribution is 2.44. The number of aromatic nitrogens is 3. The molecule has 1 atom stereocenters. The van der Waals surface area contributed by atoms with Crippen molar-refractivity contribution >= 4 is 56.8 Å². The number of hydrogen-bond acceptors (Lipinski definition) is 7. The Labute approximate surface area is 317 Å². The quantitative estimate of drug-likeness (QED) is 0.129. The van der Waals surface area contributed by atoms with Gasteiger partial charge in [0.25, 0.3) is 5.91 Å². The van der Waals surface area contributed by atoms with E-state index in [0.717, 1.165) is 33.5 Å². The van der Waals surface area contributed by atoms with Crippen molar-refractivity contribution in [3.8, 4) is 11.5 Å². The van der Waals surface area contributed by atoms with Crippen LogP contribution in [0.5, 0.6) is 11.5 Å². The number of nitrogens with zero attached hydrogens (tertiary/aromatic N) is 3. The van der Waals surface area contributed by atoms with E-state index in [0.29, 0.717) is 62.3 Å². The fourth-order valence-electron chi connectivity index (χ4n) is 6.17. The van der Waals surface area contributed by atoms with Gasteiger partial charge in [-0.3, -0.25) is 4.79 Å². The molecule has 0 saturated heterocycles. The molecule has 0 bridgehead atoms. The van der Waals surface area contributed by atoms with Crippen LogP contribution in [0.1, 0.15) is 64.4 Å². The molecule has 1 aromatic heterocycles. The molecule has 0 radical (unpaired) electrons. The van der Waals surface area contributed by atoms with Gasteiger partial charge >= 0.3 is 0 Å². The number of thioether (sulfide) groups is 1. The van der Waals surface area contributed by atoms with Crippen molar-refractivity contribution in [2.75, 3.05) is 17.2 Å². The molecule has 2 heterocycles. The van der Waals surface area contributed by atoms with Gasteiger partial charge in [-0.2, -0.15) is 4.98 Å². The Kier molecular flexibility index (Phi) is 11.1. The van der Waals surface area contributed by atoms with Crippen LogP contribution in [-0.2, 0) is 17.2 Å². The smallest absolute Gasteiger partial charge is 0.255 e. The van der Waals surface area contributed by atoms with Crippen LogP contribution >= 0.6 is 39.3 Å². The molecule has 0 aliphatic carbocycles. The lowest BCUT2D eigenvalue weighted by atomic mass is 9.94. The van der Waals surface area contributed by atoms with Gasteiger partial charge in [0.1, 0.15) is 12.6 Å². The molecular weight excluding hydrogens is 746 g/mol. The summed E-state index contributed by atoms with van der Waals surface area (Å²) in [7, 11) is 0. The predicted octanol–water partition coefficient (Wildman–Crippen LogP) is 10.4. The predicted molar refractivity (Wildman–Crippen MR) is 210 cm³/mol. The topological polar surface area (TPSA) is 90.3 Å². The first-order chi connectivity index (χ1) is 24.4. The summed E-state index contributed by atoms with van der Waals surface area (Å²) in [6.07, 6.45) is 0. The first-order valence-corrected chi connectivity index (χ1v) is 18.9. The molecule has 8 nitrogen and oxygen atoms in total. The van der Waals surface area contributed by atoms with E-state index in [-0.39, 0.29) is 5.91 Å². The average molecular weight is 787 g/mol. The lowest BCUT2D eigenvalue weighted by Gasteiger charge is -2.29.